The number of hydrogen-bond donors (Lipinski definition) is 2. The minimum absolute atomic E-state index is 0.309. The minimum atomic E-state index is -3.42. The third-order valence-electron chi connectivity index (χ3n) is 3.44. The second kappa shape index (κ2) is 7.02. The first kappa shape index (κ1) is 15.9. The van der Waals surface area contributed by atoms with Crippen LogP contribution in [0.5, 0.6) is 0 Å². The number of rotatable bonds is 8. The predicted molar refractivity (Wildman–Crippen MR) is 84.1 cm³/mol. The van der Waals surface area contributed by atoms with E-state index >= 15 is 0 Å². The Bertz CT molecular complexity index is 556. The van der Waals surface area contributed by atoms with Crippen molar-refractivity contribution in [3.63, 3.8) is 0 Å². The topological polar surface area (TPSA) is 58.2 Å². The average molecular weight is 361 g/mol. The molecule has 2 N–H and O–H groups in total. The van der Waals surface area contributed by atoms with E-state index in [9.17, 15) is 8.42 Å². The van der Waals surface area contributed by atoms with Gasteiger partial charge in [0.05, 0.1) is 4.90 Å². The highest BCUT2D eigenvalue weighted by atomic mass is 79.9. The molecule has 0 radical (unpaired) electrons. The zero-order valence-corrected chi connectivity index (χ0v) is 14.1. The van der Waals surface area contributed by atoms with E-state index in [0.717, 1.165) is 24.3 Å². The zero-order chi connectivity index (χ0) is 14.6. The molecule has 2 rings (SSSR count). The molecule has 112 valence electrons. The highest BCUT2D eigenvalue weighted by molar-refractivity contribution is 9.10. The molecule has 0 bridgehead atoms. The Morgan fingerprint density at radius 3 is 2.70 bits per heavy atom. The van der Waals surface area contributed by atoms with Gasteiger partial charge in [0.1, 0.15) is 0 Å². The van der Waals surface area contributed by atoms with Crippen LogP contribution in [-0.4, -0.2) is 22.0 Å². The van der Waals surface area contributed by atoms with E-state index in [2.05, 4.69) is 26.0 Å². The SMILES string of the molecule is CNCc1ccc(S(=O)(=O)NCCCC2CC2)c(Br)c1. The van der Waals surface area contributed by atoms with Crippen LogP contribution in [-0.2, 0) is 16.6 Å². The van der Waals surface area contributed by atoms with Gasteiger partial charge in [0.2, 0.25) is 10.0 Å². The zero-order valence-electron chi connectivity index (χ0n) is 11.7. The van der Waals surface area contributed by atoms with Gasteiger partial charge in [-0.1, -0.05) is 18.9 Å². The predicted octanol–water partition coefficient (Wildman–Crippen LogP) is 2.64. The van der Waals surface area contributed by atoms with Crippen LogP contribution in [0.4, 0.5) is 0 Å². The molecule has 1 saturated carbocycles. The third kappa shape index (κ3) is 4.55. The maximum Gasteiger partial charge on any atom is 0.241 e. The van der Waals surface area contributed by atoms with Crippen LogP contribution in [0, 0.1) is 5.92 Å². The minimum Gasteiger partial charge on any atom is -0.316 e. The standard InChI is InChI=1S/C14H21BrN2O2S/c1-16-10-12-6-7-14(13(15)9-12)20(18,19)17-8-2-3-11-4-5-11/h6-7,9,11,16-17H,2-5,8,10H2,1H3. The quantitative estimate of drug-likeness (QED) is 0.700. The smallest absolute Gasteiger partial charge is 0.241 e. The Kier molecular flexibility index (Phi) is 5.60. The van der Waals surface area contributed by atoms with Gasteiger partial charge in [-0.2, -0.15) is 0 Å². The van der Waals surface area contributed by atoms with Gasteiger partial charge in [0, 0.05) is 17.6 Å². The number of benzene rings is 1. The van der Waals surface area contributed by atoms with E-state index in [1.54, 1.807) is 6.07 Å². The fraction of sp³-hybridized carbons (Fsp3) is 0.571. The lowest BCUT2D eigenvalue weighted by molar-refractivity contribution is 0.572. The number of hydrogen-bond acceptors (Lipinski definition) is 3. The Morgan fingerprint density at radius 2 is 2.10 bits per heavy atom. The summed E-state index contributed by atoms with van der Waals surface area (Å²) in [5.74, 6) is 0.840. The highest BCUT2D eigenvalue weighted by Gasteiger charge is 2.21. The van der Waals surface area contributed by atoms with Crippen molar-refractivity contribution in [1.82, 2.24) is 10.0 Å². The summed E-state index contributed by atoms with van der Waals surface area (Å²) < 4.78 is 27.7. The van der Waals surface area contributed by atoms with Gasteiger partial charge in [-0.25, -0.2) is 13.1 Å². The summed E-state index contributed by atoms with van der Waals surface area (Å²) in [4.78, 5) is 0.309. The molecule has 20 heavy (non-hydrogen) atoms. The lowest BCUT2D eigenvalue weighted by Gasteiger charge is -2.10. The van der Waals surface area contributed by atoms with Crippen molar-refractivity contribution in [2.75, 3.05) is 13.6 Å². The average Bonchev–Trinajstić information content (AvgIpc) is 3.19. The molecule has 0 heterocycles. The summed E-state index contributed by atoms with van der Waals surface area (Å²) in [7, 11) is -1.56. The molecule has 0 atom stereocenters. The maximum atomic E-state index is 12.2. The Labute approximate surface area is 129 Å². The summed E-state index contributed by atoms with van der Waals surface area (Å²) in [6.45, 7) is 1.23. The normalized spacial score (nSPS) is 15.5. The molecule has 0 aliphatic heterocycles. The number of halogens is 1. The lowest BCUT2D eigenvalue weighted by Crippen LogP contribution is -2.25. The monoisotopic (exact) mass is 360 g/mol. The Balaban J connectivity index is 1.96. The highest BCUT2D eigenvalue weighted by Crippen LogP contribution is 2.33. The number of nitrogens with one attached hydrogen (secondary N) is 2. The summed E-state index contributed by atoms with van der Waals surface area (Å²) >= 11 is 3.35. The van der Waals surface area contributed by atoms with Gasteiger partial charge in [-0.15, -0.1) is 0 Å². The molecule has 1 aliphatic carbocycles. The first-order valence-corrected chi connectivity index (χ1v) is 9.23. The molecule has 4 nitrogen and oxygen atoms in total. The molecule has 1 aromatic rings. The largest absolute Gasteiger partial charge is 0.316 e. The van der Waals surface area contributed by atoms with Crippen molar-refractivity contribution in [3.8, 4) is 0 Å². The van der Waals surface area contributed by atoms with Crippen LogP contribution in [0.1, 0.15) is 31.2 Å². The van der Waals surface area contributed by atoms with Gasteiger partial charge in [-0.05, 0) is 59.4 Å². The first-order valence-electron chi connectivity index (χ1n) is 6.95. The molecule has 6 heteroatoms. The van der Waals surface area contributed by atoms with Gasteiger partial charge >= 0.3 is 0 Å². The molecule has 0 aromatic heterocycles. The Hall–Kier alpha value is -0.430. The van der Waals surface area contributed by atoms with E-state index in [4.69, 9.17) is 0 Å². The van der Waals surface area contributed by atoms with Crippen molar-refractivity contribution in [2.45, 2.75) is 37.1 Å². The molecular weight excluding hydrogens is 340 g/mol. The van der Waals surface area contributed by atoms with Crippen molar-refractivity contribution < 1.29 is 8.42 Å². The van der Waals surface area contributed by atoms with Crippen LogP contribution in [0.2, 0.25) is 0 Å². The van der Waals surface area contributed by atoms with Crippen LogP contribution < -0.4 is 10.0 Å². The summed E-state index contributed by atoms with van der Waals surface area (Å²) in [5, 5.41) is 3.04. The molecule has 0 spiro atoms. The number of sulfonamides is 1. The molecule has 1 aliphatic rings. The van der Waals surface area contributed by atoms with Crippen LogP contribution in [0.25, 0.3) is 0 Å². The van der Waals surface area contributed by atoms with E-state index in [1.807, 2.05) is 19.2 Å². The Morgan fingerprint density at radius 1 is 1.35 bits per heavy atom. The molecule has 1 fully saturated rings. The molecule has 0 saturated heterocycles. The fourth-order valence-electron chi connectivity index (χ4n) is 2.16. The van der Waals surface area contributed by atoms with E-state index in [1.165, 1.54) is 12.8 Å². The molecular formula is C14H21BrN2O2S. The van der Waals surface area contributed by atoms with Gasteiger partial charge in [0.25, 0.3) is 0 Å². The summed E-state index contributed by atoms with van der Waals surface area (Å²) in [6.07, 6.45) is 4.67. The van der Waals surface area contributed by atoms with Crippen LogP contribution in [0.15, 0.2) is 27.6 Å². The van der Waals surface area contributed by atoms with Crippen molar-refractivity contribution in [2.24, 2.45) is 5.92 Å². The van der Waals surface area contributed by atoms with E-state index in [0.29, 0.717) is 22.5 Å². The molecule has 0 amide bonds. The molecule has 0 unspecified atom stereocenters. The van der Waals surface area contributed by atoms with E-state index in [-0.39, 0.29) is 0 Å². The second-order valence-electron chi connectivity index (χ2n) is 5.28. The van der Waals surface area contributed by atoms with Crippen LogP contribution >= 0.6 is 15.9 Å². The van der Waals surface area contributed by atoms with Gasteiger partial charge in [0.15, 0.2) is 0 Å². The molecule has 1 aromatic carbocycles. The third-order valence-corrected chi connectivity index (χ3v) is 5.88. The van der Waals surface area contributed by atoms with Crippen molar-refractivity contribution in [1.29, 1.82) is 0 Å². The van der Waals surface area contributed by atoms with Gasteiger partial charge in [-0.3, -0.25) is 0 Å². The van der Waals surface area contributed by atoms with Gasteiger partial charge < -0.3 is 5.32 Å². The maximum absolute atomic E-state index is 12.2. The second-order valence-corrected chi connectivity index (χ2v) is 7.87. The van der Waals surface area contributed by atoms with Crippen molar-refractivity contribution >= 4 is 26.0 Å². The van der Waals surface area contributed by atoms with E-state index < -0.39 is 10.0 Å². The lowest BCUT2D eigenvalue weighted by atomic mass is 10.2. The fourth-order valence-corrected chi connectivity index (χ4v) is 4.35. The summed E-state index contributed by atoms with van der Waals surface area (Å²) in [6, 6.07) is 5.33. The van der Waals surface area contributed by atoms with Crippen LogP contribution in [0.3, 0.4) is 0 Å². The summed E-state index contributed by atoms with van der Waals surface area (Å²) in [5.41, 5.74) is 1.05. The van der Waals surface area contributed by atoms with Crippen molar-refractivity contribution in [3.05, 3.63) is 28.2 Å². The first-order chi connectivity index (χ1) is 9.53.